The first-order chi connectivity index (χ1) is 10.1. The van der Waals surface area contributed by atoms with E-state index in [4.69, 9.17) is 0 Å². The number of carbonyl (C=O) groups excluding carboxylic acids is 1. The molecule has 1 saturated carbocycles. The smallest absolute Gasteiger partial charge is 0.251 e. The van der Waals surface area contributed by atoms with Gasteiger partial charge in [-0.1, -0.05) is 25.5 Å². The molecule has 2 unspecified atom stereocenters. The van der Waals surface area contributed by atoms with E-state index in [9.17, 15) is 4.79 Å². The van der Waals surface area contributed by atoms with E-state index in [-0.39, 0.29) is 5.91 Å². The van der Waals surface area contributed by atoms with Gasteiger partial charge in [0.2, 0.25) is 0 Å². The molecule has 0 aliphatic heterocycles. The minimum atomic E-state index is 0.0695. The van der Waals surface area contributed by atoms with Crippen LogP contribution >= 0.6 is 11.8 Å². The lowest BCUT2D eigenvalue weighted by atomic mass is 10.1. The summed E-state index contributed by atoms with van der Waals surface area (Å²) in [7, 11) is 4.10. The van der Waals surface area contributed by atoms with Crippen molar-refractivity contribution in [3.8, 4) is 0 Å². The Labute approximate surface area is 132 Å². The van der Waals surface area contributed by atoms with E-state index in [1.54, 1.807) is 0 Å². The lowest BCUT2D eigenvalue weighted by molar-refractivity contribution is 0.0938. The van der Waals surface area contributed by atoms with Gasteiger partial charge in [-0.3, -0.25) is 4.79 Å². The zero-order valence-corrected chi connectivity index (χ0v) is 14.1. The van der Waals surface area contributed by atoms with Crippen molar-refractivity contribution in [2.24, 2.45) is 0 Å². The fourth-order valence-corrected chi connectivity index (χ4v) is 4.08. The fraction of sp³-hybridized carbons (Fsp3) is 0.588. The average Bonchev–Trinajstić information content (AvgIpc) is 2.86. The Morgan fingerprint density at radius 1 is 1.29 bits per heavy atom. The molecule has 1 amide bonds. The van der Waals surface area contributed by atoms with Gasteiger partial charge < -0.3 is 10.2 Å². The van der Waals surface area contributed by atoms with Crippen LogP contribution in [0.1, 0.15) is 42.1 Å². The van der Waals surface area contributed by atoms with Gasteiger partial charge in [-0.15, -0.1) is 0 Å². The summed E-state index contributed by atoms with van der Waals surface area (Å²) in [5.41, 5.74) is 2.00. The van der Waals surface area contributed by atoms with Gasteiger partial charge >= 0.3 is 0 Å². The van der Waals surface area contributed by atoms with Crippen LogP contribution in [-0.2, 0) is 6.54 Å². The minimum absolute atomic E-state index is 0.0695. The molecule has 1 N–H and O–H groups in total. The van der Waals surface area contributed by atoms with Gasteiger partial charge in [0.1, 0.15) is 0 Å². The fourth-order valence-electron chi connectivity index (χ4n) is 2.88. The van der Waals surface area contributed by atoms with Crippen molar-refractivity contribution in [3.63, 3.8) is 0 Å². The molecule has 1 aromatic rings. The summed E-state index contributed by atoms with van der Waals surface area (Å²) in [5, 5.41) is 3.81. The summed E-state index contributed by atoms with van der Waals surface area (Å²) >= 11 is 1.97. The molecular weight excluding hydrogens is 280 g/mol. The molecular formula is C17H26N2OS. The van der Waals surface area contributed by atoms with Crippen LogP contribution in [0.2, 0.25) is 0 Å². The highest BCUT2D eigenvalue weighted by Gasteiger charge is 2.28. The third-order valence-electron chi connectivity index (χ3n) is 3.86. The SMILES string of the molecule is CCSC1CCCC1NC(=O)c1ccc(CN(C)C)cc1. The first-order valence-corrected chi connectivity index (χ1v) is 8.81. The largest absolute Gasteiger partial charge is 0.348 e. The molecule has 2 atom stereocenters. The summed E-state index contributed by atoms with van der Waals surface area (Å²) < 4.78 is 0. The maximum Gasteiger partial charge on any atom is 0.251 e. The number of amides is 1. The Bertz CT molecular complexity index is 458. The van der Waals surface area contributed by atoms with Crippen molar-refractivity contribution in [1.82, 2.24) is 10.2 Å². The van der Waals surface area contributed by atoms with Gasteiger partial charge in [-0.05, 0) is 50.4 Å². The predicted octanol–water partition coefficient (Wildman–Crippen LogP) is 3.15. The first-order valence-electron chi connectivity index (χ1n) is 7.76. The van der Waals surface area contributed by atoms with Gasteiger partial charge in [0.15, 0.2) is 0 Å². The van der Waals surface area contributed by atoms with Crippen molar-refractivity contribution in [2.75, 3.05) is 19.8 Å². The third kappa shape index (κ3) is 4.75. The normalized spacial score (nSPS) is 21.7. The van der Waals surface area contributed by atoms with Crippen molar-refractivity contribution in [1.29, 1.82) is 0 Å². The van der Waals surface area contributed by atoms with E-state index >= 15 is 0 Å². The summed E-state index contributed by atoms with van der Waals surface area (Å²) in [5.74, 6) is 1.19. The van der Waals surface area contributed by atoms with Gasteiger partial charge in [0, 0.05) is 23.4 Å². The molecule has 1 aromatic carbocycles. The molecule has 1 aliphatic rings. The zero-order valence-electron chi connectivity index (χ0n) is 13.3. The van der Waals surface area contributed by atoms with Crippen LogP contribution in [0.25, 0.3) is 0 Å². The Morgan fingerprint density at radius 3 is 2.62 bits per heavy atom. The Balaban J connectivity index is 1.93. The van der Waals surface area contributed by atoms with Crippen LogP contribution in [0.15, 0.2) is 24.3 Å². The van der Waals surface area contributed by atoms with Crippen LogP contribution in [0, 0.1) is 0 Å². The molecule has 116 valence electrons. The molecule has 21 heavy (non-hydrogen) atoms. The lowest BCUT2D eigenvalue weighted by Gasteiger charge is -2.20. The lowest BCUT2D eigenvalue weighted by Crippen LogP contribution is -2.38. The summed E-state index contributed by atoms with van der Waals surface area (Å²) in [4.78, 5) is 14.5. The van der Waals surface area contributed by atoms with Crippen molar-refractivity contribution >= 4 is 17.7 Å². The second-order valence-electron chi connectivity index (χ2n) is 5.94. The van der Waals surface area contributed by atoms with E-state index in [1.165, 1.54) is 18.4 Å². The van der Waals surface area contributed by atoms with Crippen LogP contribution in [-0.4, -0.2) is 41.9 Å². The standard InChI is InChI=1S/C17H26N2OS/c1-4-21-16-7-5-6-15(16)18-17(20)14-10-8-13(9-11-14)12-19(2)3/h8-11,15-16H,4-7,12H2,1-3H3,(H,18,20). The molecule has 1 fully saturated rings. The maximum absolute atomic E-state index is 12.4. The molecule has 0 aromatic heterocycles. The molecule has 0 radical (unpaired) electrons. The third-order valence-corrected chi connectivity index (χ3v) is 5.19. The maximum atomic E-state index is 12.4. The van der Waals surface area contributed by atoms with Gasteiger partial charge in [-0.25, -0.2) is 0 Å². The van der Waals surface area contributed by atoms with Crippen LogP contribution < -0.4 is 5.32 Å². The number of thioether (sulfide) groups is 1. The zero-order chi connectivity index (χ0) is 15.2. The monoisotopic (exact) mass is 306 g/mol. The predicted molar refractivity (Wildman–Crippen MR) is 90.9 cm³/mol. The van der Waals surface area contributed by atoms with Crippen molar-refractivity contribution < 1.29 is 4.79 Å². The molecule has 1 aliphatic carbocycles. The quantitative estimate of drug-likeness (QED) is 0.876. The van der Waals surface area contributed by atoms with Gasteiger partial charge in [0.05, 0.1) is 0 Å². The molecule has 0 saturated heterocycles. The number of carbonyl (C=O) groups is 1. The van der Waals surface area contributed by atoms with E-state index in [0.717, 1.165) is 24.3 Å². The first kappa shape index (κ1) is 16.4. The van der Waals surface area contributed by atoms with Crippen molar-refractivity contribution in [2.45, 2.75) is 44.0 Å². The Kier molecular flexibility index (Phi) is 6.12. The average molecular weight is 306 g/mol. The molecule has 0 heterocycles. The van der Waals surface area contributed by atoms with E-state index in [0.29, 0.717) is 11.3 Å². The number of hydrogen-bond donors (Lipinski definition) is 1. The summed E-state index contributed by atoms with van der Waals surface area (Å²) in [6.07, 6.45) is 3.57. The number of nitrogens with zero attached hydrogens (tertiary/aromatic N) is 1. The number of rotatable bonds is 6. The Morgan fingerprint density at radius 2 is 2.00 bits per heavy atom. The molecule has 0 spiro atoms. The van der Waals surface area contributed by atoms with Crippen LogP contribution in [0.5, 0.6) is 0 Å². The van der Waals surface area contributed by atoms with Crippen LogP contribution in [0.4, 0.5) is 0 Å². The molecule has 3 nitrogen and oxygen atoms in total. The van der Waals surface area contributed by atoms with Gasteiger partial charge in [-0.2, -0.15) is 11.8 Å². The number of benzene rings is 1. The molecule has 0 bridgehead atoms. The second kappa shape index (κ2) is 7.85. The Hall–Kier alpha value is -1.00. The number of hydrogen-bond acceptors (Lipinski definition) is 3. The summed E-state index contributed by atoms with van der Waals surface area (Å²) in [6, 6.07) is 8.30. The molecule has 2 rings (SSSR count). The highest BCUT2D eigenvalue weighted by molar-refractivity contribution is 7.99. The van der Waals surface area contributed by atoms with Gasteiger partial charge in [0.25, 0.3) is 5.91 Å². The highest BCUT2D eigenvalue weighted by atomic mass is 32.2. The summed E-state index contributed by atoms with van der Waals surface area (Å²) in [6.45, 7) is 3.09. The highest BCUT2D eigenvalue weighted by Crippen LogP contribution is 2.30. The minimum Gasteiger partial charge on any atom is -0.348 e. The van der Waals surface area contributed by atoms with E-state index < -0.39 is 0 Å². The van der Waals surface area contributed by atoms with Crippen LogP contribution in [0.3, 0.4) is 0 Å². The van der Waals surface area contributed by atoms with E-state index in [1.807, 2.05) is 50.1 Å². The topological polar surface area (TPSA) is 32.3 Å². The molecule has 4 heteroatoms. The second-order valence-corrected chi connectivity index (χ2v) is 7.46. The number of nitrogens with one attached hydrogen (secondary N) is 1. The van der Waals surface area contributed by atoms with E-state index in [2.05, 4.69) is 17.1 Å². The van der Waals surface area contributed by atoms with Crippen molar-refractivity contribution in [3.05, 3.63) is 35.4 Å².